The molecule has 0 bridgehead atoms. The molecule has 0 amide bonds. The quantitative estimate of drug-likeness (QED) is 0.664. The molecule has 1 unspecified atom stereocenters. The maximum Gasteiger partial charge on any atom is 0.163 e. The standard InChI is InChI=1S/C25H33Cl2N3O/c1-6-8-18-13-15(3)17(5)22(23(18)27)24-28-21(7-2)20(14-16(4)26)25(29-24)30-11-9-19(31)10-12-30/h7,13-14,16,19,31H,6,8-12H2,1-5H3/b20-14+,21-7+. The third-order valence-electron chi connectivity index (χ3n) is 5.99. The zero-order chi connectivity index (χ0) is 22.7. The van der Waals surface area contributed by atoms with Crippen LogP contribution < -0.4 is 15.5 Å². The summed E-state index contributed by atoms with van der Waals surface area (Å²) in [6.07, 6.45) is 7.17. The van der Waals surface area contributed by atoms with Gasteiger partial charge in [0.25, 0.3) is 0 Å². The van der Waals surface area contributed by atoms with Gasteiger partial charge in [0.15, 0.2) is 5.82 Å². The van der Waals surface area contributed by atoms with Crippen LogP contribution in [0.2, 0.25) is 5.02 Å². The first-order chi connectivity index (χ1) is 14.8. The number of aliphatic hydroxyl groups excluding tert-OH is 1. The number of anilines is 1. The highest BCUT2D eigenvalue weighted by Gasteiger charge is 2.23. The second-order valence-corrected chi connectivity index (χ2v) is 9.50. The largest absolute Gasteiger partial charge is 0.393 e. The van der Waals surface area contributed by atoms with Crippen LogP contribution in [0.15, 0.2) is 6.07 Å². The summed E-state index contributed by atoms with van der Waals surface area (Å²) >= 11 is 13.3. The number of hydrogen-bond acceptors (Lipinski definition) is 4. The van der Waals surface area contributed by atoms with Crippen molar-refractivity contribution in [2.75, 3.05) is 18.0 Å². The molecule has 1 saturated heterocycles. The van der Waals surface area contributed by atoms with Crippen LogP contribution >= 0.6 is 23.2 Å². The third-order valence-corrected chi connectivity index (χ3v) is 6.55. The number of aryl methyl sites for hydroxylation is 2. The van der Waals surface area contributed by atoms with Gasteiger partial charge in [-0.25, -0.2) is 9.97 Å². The summed E-state index contributed by atoms with van der Waals surface area (Å²) in [6, 6.07) is 2.18. The Kier molecular flexibility index (Phi) is 8.01. The van der Waals surface area contributed by atoms with Crippen molar-refractivity contribution in [2.45, 2.75) is 71.8 Å². The van der Waals surface area contributed by atoms with Crippen LogP contribution in [-0.2, 0) is 6.42 Å². The molecule has 1 fully saturated rings. The Morgan fingerprint density at radius 2 is 1.94 bits per heavy atom. The van der Waals surface area contributed by atoms with Crippen molar-refractivity contribution in [1.29, 1.82) is 0 Å². The van der Waals surface area contributed by atoms with Gasteiger partial charge in [0, 0.05) is 29.2 Å². The molecule has 0 saturated carbocycles. The molecule has 1 aromatic heterocycles. The van der Waals surface area contributed by atoms with E-state index in [0.717, 1.165) is 76.9 Å². The predicted octanol–water partition coefficient (Wildman–Crippen LogP) is 4.54. The normalized spacial score (nSPS) is 17.5. The van der Waals surface area contributed by atoms with E-state index in [4.69, 9.17) is 33.2 Å². The van der Waals surface area contributed by atoms with E-state index in [1.165, 1.54) is 5.56 Å². The van der Waals surface area contributed by atoms with Crippen molar-refractivity contribution in [3.05, 3.63) is 38.3 Å². The van der Waals surface area contributed by atoms with Crippen molar-refractivity contribution in [3.63, 3.8) is 0 Å². The lowest BCUT2D eigenvalue weighted by atomic mass is 9.96. The summed E-state index contributed by atoms with van der Waals surface area (Å²) in [5.74, 6) is 1.52. The molecule has 0 radical (unpaired) electrons. The molecule has 1 aliphatic heterocycles. The summed E-state index contributed by atoms with van der Waals surface area (Å²) in [6.45, 7) is 11.8. The highest BCUT2D eigenvalue weighted by molar-refractivity contribution is 6.34. The number of rotatable bonds is 5. The summed E-state index contributed by atoms with van der Waals surface area (Å²) < 4.78 is 0. The maximum absolute atomic E-state index is 9.99. The number of benzene rings is 1. The minimum Gasteiger partial charge on any atom is -0.393 e. The molecule has 1 N–H and O–H groups in total. The zero-order valence-corrected chi connectivity index (χ0v) is 20.7. The predicted molar refractivity (Wildman–Crippen MR) is 133 cm³/mol. The average Bonchev–Trinajstić information content (AvgIpc) is 2.73. The minimum atomic E-state index is -0.251. The van der Waals surface area contributed by atoms with E-state index >= 15 is 0 Å². The number of nitrogens with zero attached hydrogens (tertiary/aromatic N) is 3. The Morgan fingerprint density at radius 1 is 1.26 bits per heavy atom. The summed E-state index contributed by atoms with van der Waals surface area (Å²) in [5, 5.41) is 12.4. The number of aliphatic hydroxyl groups is 1. The zero-order valence-electron chi connectivity index (χ0n) is 19.2. The molecule has 2 heterocycles. The fraction of sp³-hybridized carbons (Fsp3) is 0.520. The average molecular weight is 462 g/mol. The third kappa shape index (κ3) is 5.24. The number of piperidine rings is 1. The number of aromatic nitrogens is 2. The molecule has 0 aliphatic carbocycles. The first-order valence-corrected chi connectivity index (χ1v) is 12.0. The molecule has 1 aromatic carbocycles. The maximum atomic E-state index is 9.99. The van der Waals surface area contributed by atoms with Crippen LogP contribution in [0.5, 0.6) is 0 Å². The van der Waals surface area contributed by atoms with E-state index in [1.807, 2.05) is 26.0 Å². The molecular formula is C25H33Cl2N3O. The molecule has 0 spiro atoms. The molecule has 1 aliphatic rings. The molecule has 2 aromatic rings. The van der Waals surface area contributed by atoms with Crippen LogP contribution in [0.3, 0.4) is 0 Å². The van der Waals surface area contributed by atoms with E-state index in [9.17, 15) is 5.11 Å². The molecule has 6 heteroatoms. The van der Waals surface area contributed by atoms with Gasteiger partial charge in [-0.1, -0.05) is 43.2 Å². The van der Waals surface area contributed by atoms with Crippen LogP contribution in [-0.4, -0.2) is 39.6 Å². The lowest BCUT2D eigenvalue weighted by Gasteiger charge is -2.31. The van der Waals surface area contributed by atoms with Crippen molar-refractivity contribution < 1.29 is 5.11 Å². The van der Waals surface area contributed by atoms with Crippen molar-refractivity contribution in [2.24, 2.45) is 0 Å². The monoisotopic (exact) mass is 461 g/mol. The van der Waals surface area contributed by atoms with E-state index in [2.05, 4.69) is 31.7 Å². The molecule has 3 rings (SSSR count). The number of hydrogen-bond donors (Lipinski definition) is 1. The summed E-state index contributed by atoms with van der Waals surface area (Å²) in [5.41, 5.74) is 4.35. The SMILES string of the molecule is C/C=c1/nc(-c2c(C)c(C)cc(CCC)c2Cl)nc(N2CCC(O)CC2)/c1=C/C(C)Cl. The second kappa shape index (κ2) is 10.3. The molecule has 4 nitrogen and oxygen atoms in total. The van der Waals surface area contributed by atoms with Crippen molar-refractivity contribution in [1.82, 2.24) is 9.97 Å². The smallest absolute Gasteiger partial charge is 0.163 e. The van der Waals surface area contributed by atoms with Crippen molar-refractivity contribution in [3.8, 4) is 11.4 Å². The Hall–Kier alpha value is -1.62. The number of alkyl halides is 1. The highest BCUT2D eigenvalue weighted by Crippen LogP contribution is 2.35. The summed E-state index contributed by atoms with van der Waals surface area (Å²) in [7, 11) is 0. The van der Waals surface area contributed by atoms with E-state index in [0.29, 0.717) is 5.82 Å². The first kappa shape index (κ1) is 24.0. The number of halogens is 2. The Morgan fingerprint density at radius 3 is 2.52 bits per heavy atom. The van der Waals surface area contributed by atoms with E-state index in [1.54, 1.807) is 0 Å². The molecule has 1 atom stereocenters. The van der Waals surface area contributed by atoms with Gasteiger partial charge in [-0.2, -0.15) is 0 Å². The van der Waals surface area contributed by atoms with Crippen LogP contribution in [0.25, 0.3) is 23.5 Å². The lowest BCUT2D eigenvalue weighted by Crippen LogP contribution is -2.43. The van der Waals surface area contributed by atoms with Crippen LogP contribution in [0.4, 0.5) is 5.82 Å². The van der Waals surface area contributed by atoms with Gasteiger partial charge in [-0.05, 0) is 63.6 Å². The van der Waals surface area contributed by atoms with E-state index in [-0.39, 0.29) is 11.5 Å². The van der Waals surface area contributed by atoms with E-state index < -0.39 is 0 Å². The molecule has 31 heavy (non-hydrogen) atoms. The topological polar surface area (TPSA) is 49.2 Å². The fourth-order valence-corrected chi connectivity index (χ4v) is 4.69. The van der Waals surface area contributed by atoms with Crippen molar-refractivity contribution >= 4 is 41.2 Å². The van der Waals surface area contributed by atoms with Gasteiger partial charge in [-0.3, -0.25) is 0 Å². The van der Waals surface area contributed by atoms with Crippen LogP contribution in [0, 0.1) is 13.8 Å². The van der Waals surface area contributed by atoms with Gasteiger partial charge in [0.1, 0.15) is 5.82 Å². The fourth-order valence-electron chi connectivity index (χ4n) is 4.19. The van der Waals surface area contributed by atoms with Gasteiger partial charge < -0.3 is 10.0 Å². The second-order valence-electron chi connectivity index (χ2n) is 8.44. The Labute approximate surface area is 195 Å². The van der Waals surface area contributed by atoms with Gasteiger partial charge in [0.05, 0.1) is 16.5 Å². The molecule has 168 valence electrons. The van der Waals surface area contributed by atoms with Crippen LogP contribution in [0.1, 0.15) is 56.7 Å². The Balaban J connectivity index is 2.30. The first-order valence-electron chi connectivity index (χ1n) is 11.2. The minimum absolute atomic E-state index is 0.150. The Bertz CT molecular complexity index is 1060. The van der Waals surface area contributed by atoms with Gasteiger partial charge in [-0.15, -0.1) is 11.6 Å². The highest BCUT2D eigenvalue weighted by atomic mass is 35.5. The van der Waals surface area contributed by atoms with Gasteiger partial charge in [0.2, 0.25) is 0 Å². The lowest BCUT2D eigenvalue weighted by molar-refractivity contribution is 0.145. The summed E-state index contributed by atoms with van der Waals surface area (Å²) in [4.78, 5) is 12.2. The molecular weight excluding hydrogens is 429 g/mol. The van der Waals surface area contributed by atoms with Gasteiger partial charge >= 0.3 is 0 Å².